The van der Waals surface area contributed by atoms with Gasteiger partial charge in [-0.2, -0.15) is 0 Å². The van der Waals surface area contributed by atoms with Crippen LogP contribution < -0.4 is 5.32 Å². The van der Waals surface area contributed by atoms with Crippen LogP contribution in [-0.2, 0) is 4.79 Å². The second kappa shape index (κ2) is 9.67. The van der Waals surface area contributed by atoms with Crippen molar-refractivity contribution < 1.29 is 24.9 Å². The van der Waals surface area contributed by atoms with Gasteiger partial charge in [-0.3, -0.25) is 0 Å². The molecule has 1 atom stereocenters. The molecule has 0 rings (SSSR count). The maximum atomic E-state index is 11.5. The Morgan fingerprint density at radius 1 is 1.28 bits per heavy atom. The molecule has 0 bridgehead atoms. The number of amides is 2. The third kappa shape index (κ3) is 7.86. The summed E-state index contributed by atoms with van der Waals surface area (Å²) in [5.74, 6) is -1.29. The first-order chi connectivity index (χ1) is 8.49. The Morgan fingerprint density at radius 3 is 2.50 bits per heavy atom. The summed E-state index contributed by atoms with van der Waals surface area (Å²) in [6.45, 7) is 0.851. The van der Waals surface area contributed by atoms with Crippen molar-refractivity contribution in [2.75, 3.05) is 26.7 Å². The van der Waals surface area contributed by atoms with Crippen LogP contribution in [0.1, 0.15) is 25.7 Å². The number of aliphatic carboxylic acids is 1. The fourth-order valence-electron chi connectivity index (χ4n) is 1.31. The maximum absolute atomic E-state index is 11.5. The Morgan fingerprint density at radius 2 is 1.94 bits per heavy atom. The van der Waals surface area contributed by atoms with Gasteiger partial charge < -0.3 is 25.5 Å². The maximum Gasteiger partial charge on any atom is 0.332 e. The number of nitrogens with one attached hydrogen (secondary N) is 1. The van der Waals surface area contributed by atoms with Crippen LogP contribution in [0.4, 0.5) is 4.79 Å². The van der Waals surface area contributed by atoms with Gasteiger partial charge in [0.05, 0.1) is 0 Å². The molecule has 1 unspecified atom stereocenters. The molecule has 0 aliphatic heterocycles. The normalized spacial score (nSPS) is 11.9. The highest BCUT2D eigenvalue weighted by Crippen LogP contribution is 1.97. The highest BCUT2D eigenvalue weighted by atomic mass is 16.4. The van der Waals surface area contributed by atoms with Gasteiger partial charge in [-0.05, 0) is 19.3 Å². The van der Waals surface area contributed by atoms with Crippen molar-refractivity contribution in [2.45, 2.75) is 31.8 Å². The molecule has 0 aromatic rings. The van der Waals surface area contributed by atoms with Crippen LogP contribution in [0.2, 0.25) is 0 Å². The minimum absolute atomic E-state index is 0.0145. The highest BCUT2D eigenvalue weighted by molar-refractivity contribution is 5.74. The molecular formula is C11H22N2O5. The molecular weight excluding hydrogens is 240 g/mol. The summed E-state index contributed by atoms with van der Waals surface area (Å²) in [5, 5.41) is 28.5. The van der Waals surface area contributed by atoms with Crippen LogP contribution in [-0.4, -0.2) is 65.1 Å². The quantitative estimate of drug-likeness (QED) is 0.424. The Hall–Kier alpha value is -1.34. The number of carbonyl (C=O) groups excluding carboxylic acids is 1. The van der Waals surface area contributed by atoms with Crippen molar-refractivity contribution in [3.8, 4) is 0 Å². The molecule has 7 heteroatoms. The standard InChI is InChI=1S/C11H22N2O5/c1-13(7-3-2-4-8-14)11(18)12-6-5-9(15)10(16)17/h9,14-15H,2-8H2,1H3,(H,12,18)(H,16,17). The zero-order chi connectivity index (χ0) is 14.0. The number of hydrogen-bond donors (Lipinski definition) is 4. The molecule has 0 spiro atoms. The van der Waals surface area contributed by atoms with Gasteiger partial charge in [0.15, 0.2) is 6.10 Å². The lowest BCUT2D eigenvalue weighted by molar-refractivity contribution is -0.146. The van der Waals surface area contributed by atoms with E-state index in [-0.39, 0.29) is 25.6 Å². The van der Waals surface area contributed by atoms with Gasteiger partial charge in [0, 0.05) is 33.2 Å². The Labute approximate surface area is 106 Å². The topological polar surface area (TPSA) is 110 Å². The second-order valence-electron chi connectivity index (χ2n) is 4.08. The minimum Gasteiger partial charge on any atom is -0.479 e. The Bertz CT molecular complexity index is 260. The second-order valence-corrected chi connectivity index (χ2v) is 4.08. The molecule has 7 nitrogen and oxygen atoms in total. The summed E-state index contributed by atoms with van der Waals surface area (Å²) in [6, 6.07) is -0.295. The zero-order valence-corrected chi connectivity index (χ0v) is 10.6. The lowest BCUT2D eigenvalue weighted by atomic mass is 10.2. The smallest absolute Gasteiger partial charge is 0.332 e. The van der Waals surface area contributed by atoms with E-state index in [0.29, 0.717) is 6.54 Å². The molecule has 0 fully saturated rings. The number of hydrogen-bond acceptors (Lipinski definition) is 4. The summed E-state index contributed by atoms with van der Waals surface area (Å²) in [5.41, 5.74) is 0. The lowest BCUT2D eigenvalue weighted by Crippen LogP contribution is -2.39. The number of carbonyl (C=O) groups is 2. The van der Waals surface area contributed by atoms with Crippen LogP contribution in [0, 0.1) is 0 Å². The molecule has 18 heavy (non-hydrogen) atoms. The number of urea groups is 1. The molecule has 0 aromatic heterocycles. The summed E-state index contributed by atoms with van der Waals surface area (Å²) >= 11 is 0. The van der Waals surface area contributed by atoms with E-state index in [1.807, 2.05) is 0 Å². The van der Waals surface area contributed by atoms with Crippen molar-refractivity contribution in [3.63, 3.8) is 0 Å². The molecule has 0 aromatic carbocycles. The van der Waals surface area contributed by atoms with E-state index in [9.17, 15) is 9.59 Å². The third-order valence-corrected chi connectivity index (χ3v) is 2.48. The molecule has 2 amide bonds. The number of aliphatic hydroxyl groups excluding tert-OH is 2. The van der Waals surface area contributed by atoms with Crippen LogP contribution in [0.15, 0.2) is 0 Å². The number of carboxylic acid groups (broad SMARTS) is 1. The first kappa shape index (κ1) is 16.7. The largest absolute Gasteiger partial charge is 0.479 e. The summed E-state index contributed by atoms with van der Waals surface area (Å²) < 4.78 is 0. The minimum atomic E-state index is -1.44. The van der Waals surface area contributed by atoms with Crippen molar-refractivity contribution in [1.29, 1.82) is 0 Å². The zero-order valence-electron chi connectivity index (χ0n) is 10.6. The molecule has 0 heterocycles. The first-order valence-corrected chi connectivity index (χ1v) is 5.99. The Balaban J connectivity index is 3.64. The van der Waals surface area contributed by atoms with E-state index < -0.39 is 12.1 Å². The van der Waals surface area contributed by atoms with E-state index in [2.05, 4.69) is 5.32 Å². The number of rotatable bonds is 9. The molecule has 0 aliphatic carbocycles. The summed E-state index contributed by atoms with van der Waals surface area (Å²) in [7, 11) is 1.64. The van der Waals surface area contributed by atoms with E-state index in [1.54, 1.807) is 7.05 Å². The molecule has 0 saturated carbocycles. The predicted octanol–water partition coefficient (Wildman–Crippen LogP) is -0.374. The van der Waals surface area contributed by atoms with E-state index >= 15 is 0 Å². The lowest BCUT2D eigenvalue weighted by Gasteiger charge is -2.18. The number of carboxylic acids is 1. The number of nitrogens with zero attached hydrogens (tertiary/aromatic N) is 1. The first-order valence-electron chi connectivity index (χ1n) is 5.99. The average Bonchev–Trinajstić information content (AvgIpc) is 2.33. The fraction of sp³-hybridized carbons (Fsp3) is 0.818. The molecule has 0 saturated heterocycles. The summed E-state index contributed by atoms with van der Waals surface area (Å²) in [4.78, 5) is 23.3. The van der Waals surface area contributed by atoms with Gasteiger partial charge in [0.1, 0.15) is 0 Å². The van der Waals surface area contributed by atoms with Crippen LogP contribution >= 0.6 is 0 Å². The summed E-state index contributed by atoms with van der Waals surface area (Å²) in [6.07, 6.45) is 0.925. The van der Waals surface area contributed by atoms with Gasteiger partial charge in [0.25, 0.3) is 0 Å². The third-order valence-electron chi connectivity index (χ3n) is 2.48. The van der Waals surface area contributed by atoms with Crippen molar-refractivity contribution in [1.82, 2.24) is 10.2 Å². The van der Waals surface area contributed by atoms with Crippen molar-refractivity contribution >= 4 is 12.0 Å². The van der Waals surface area contributed by atoms with E-state index in [4.69, 9.17) is 15.3 Å². The van der Waals surface area contributed by atoms with E-state index in [1.165, 1.54) is 4.90 Å². The van der Waals surface area contributed by atoms with E-state index in [0.717, 1.165) is 19.3 Å². The van der Waals surface area contributed by atoms with Gasteiger partial charge in [-0.15, -0.1) is 0 Å². The van der Waals surface area contributed by atoms with Gasteiger partial charge in [-0.25, -0.2) is 9.59 Å². The van der Waals surface area contributed by atoms with Crippen molar-refractivity contribution in [2.24, 2.45) is 0 Å². The predicted molar refractivity (Wildman–Crippen MR) is 65.2 cm³/mol. The van der Waals surface area contributed by atoms with Gasteiger partial charge in [0.2, 0.25) is 0 Å². The van der Waals surface area contributed by atoms with Crippen molar-refractivity contribution in [3.05, 3.63) is 0 Å². The molecule has 106 valence electrons. The highest BCUT2D eigenvalue weighted by Gasteiger charge is 2.13. The molecule has 0 radical (unpaired) electrons. The monoisotopic (exact) mass is 262 g/mol. The van der Waals surface area contributed by atoms with Crippen LogP contribution in [0.3, 0.4) is 0 Å². The average molecular weight is 262 g/mol. The Kier molecular flexibility index (Phi) is 8.95. The van der Waals surface area contributed by atoms with Gasteiger partial charge >= 0.3 is 12.0 Å². The fourth-order valence-corrected chi connectivity index (χ4v) is 1.31. The SMILES string of the molecule is CN(CCCCCO)C(=O)NCCC(O)C(=O)O. The van der Waals surface area contributed by atoms with Crippen LogP contribution in [0.25, 0.3) is 0 Å². The number of unbranched alkanes of at least 4 members (excludes halogenated alkanes) is 2. The van der Waals surface area contributed by atoms with Crippen LogP contribution in [0.5, 0.6) is 0 Å². The molecule has 4 N–H and O–H groups in total. The molecule has 0 aliphatic rings. The van der Waals surface area contributed by atoms with Gasteiger partial charge in [-0.1, -0.05) is 0 Å². The number of aliphatic hydroxyl groups is 2.